The van der Waals surface area contributed by atoms with Crippen molar-refractivity contribution in [3.63, 3.8) is 0 Å². The Morgan fingerprint density at radius 3 is 1.29 bits per heavy atom. The number of hydrogen-bond donors (Lipinski definition) is 0. The molecule has 0 aromatic heterocycles. The first kappa shape index (κ1) is 20.4. The van der Waals surface area contributed by atoms with Crippen molar-refractivity contribution in [2.75, 3.05) is 0 Å². The van der Waals surface area contributed by atoms with Gasteiger partial charge >= 0.3 is 0 Å². The van der Waals surface area contributed by atoms with E-state index in [0.717, 1.165) is 0 Å². The second-order valence-electron chi connectivity index (χ2n) is 6.80. The third kappa shape index (κ3) is 7.26. The lowest BCUT2D eigenvalue weighted by Gasteiger charge is -2.29. The van der Waals surface area contributed by atoms with E-state index in [0.29, 0.717) is 0 Å². The summed E-state index contributed by atoms with van der Waals surface area (Å²) in [6.45, 7) is 9.05. The second kappa shape index (κ2) is 8.97. The van der Waals surface area contributed by atoms with Gasteiger partial charge in [0.25, 0.3) is 0 Å². The van der Waals surface area contributed by atoms with Crippen LogP contribution in [0, 0.1) is 0 Å². The van der Waals surface area contributed by atoms with Crippen molar-refractivity contribution in [1.29, 1.82) is 0 Å². The molecule has 0 heterocycles. The number of rotatable bonds is 6. The molecule has 2 aromatic carbocycles. The average Bonchev–Trinajstić information content (AvgIpc) is 2.52. The first-order valence-corrected chi connectivity index (χ1v) is 14.0. The topological polar surface area (TPSA) is 9.23 Å². The summed E-state index contributed by atoms with van der Waals surface area (Å²) in [7, 11) is -3.66. The first-order chi connectivity index (χ1) is 10.9. The highest BCUT2D eigenvalue weighted by Gasteiger charge is 2.29. The highest BCUT2D eigenvalue weighted by molar-refractivity contribution is 6.90. The molecule has 0 fully saturated rings. The average molecular weight is 355 g/mol. The van der Waals surface area contributed by atoms with Crippen LogP contribution in [0.3, 0.4) is 0 Å². The molecule has 0 atom stereocenters. The Bertz CT molecular complexity index is 599. The summed E-state index contributed by atoms with van der Waals surface area (Å²) in [6, 6.07) is 20.8. The van der Waals surface area contributed by atoms with E-state index >= 15 is 0 Å². The van der Waals surface area contributed by atoms with Crippen LogP contribution in [-0.2, 0) is 4.12 Å². The summed E-state index contributed by atoms with van der Waals surface area (Å²) < 4.78 is 6.57. The third-order valence-electron chi connectivity index (χ3n) is 3.48. The van der Waals surface area contributed by atoms with E-state index in [1.807, 2.05) is 12.1 Å². The smallest absolute Gasteiger partial charge is 0.198 e. The zero-order chi connectivity index (χ0) is 16.8. The zero-order valence-electron chi connectivity index (χ0n) is 14.5. The molecule has 2 aromatic rings. The van der Waals surface area contributed by atoms with E-state index in [9.17, 15) is 0 Å². The summed E-state index contributed by atoms with van der Waals surface area (Å²) in [5, 5.41) is 0. The normalized spacial score (nSPS) is 12.5. The summed E-state index contributed by atoms with van der Waals surface area (Å²) in [4.78, 5) is 0. The van der Waals surface area contributed by atoms with Crippen molar-refractivity contribution < 1.29 is 4.12 Å². The summed E-state index contributed by atoms with van der Waals surface area (Å²) in [5.74, 6) is 0. The quantitative estimate of drug-likeness (QED) is 0.534. The minimum absolute atomic E-state index is 0. The fraction of sp³-hybridized carbons (Fsp3) is 0.238. The molecule has 1 nitrogen and oxygen atoms in total. The molecular weight excluding hydrogens is 324 g/mol. The SMILES string of the molecule is C.C[Si](C)(/C=C/c1ccccc1)O[Si](C)(C)/C=C/c1ccccc1. The van der Waals surface area contributed by atoms with E-state index in [1.165, 1.54) is 11.1 Å². The van der Waals surface area contributed by atoms with Crippen LogP contribution in [-0.4, -0.2) is 16.6 Å². The molecule has 128 valence electrons. The van der Waals surface area contributed by atoms with Gasteiger partial charge in [-0.05, 0) is 37.3 Å². The van der Waals surface area contributed by atoms with Gasteiger partial charge < -0.3 is 4.12 Å². The van der Waals surface area contributed by atoms with Gasteiger partial charge in [-0.1, -0.05) is 91.6 Å². The van der Waals surface area contributed by atoms with Crippen molar-refractivity contribution in [3.8, 4) is 0 Å². The van der Waals surface area contributed by atoms with Crippen molar-refractivity contribution in [2.45, 2.75) is 33.6 Å². The molecule has 0 bridgehead atoms. The van der Waals surface area contributed by atoms with Gasteiger partial charge in [-0.25, -0.2) is 0 Å². The Hall–Kier alpha value is -1.69. The van der Waals surface area contributed by atoms with Crippen molar-refractivity contribution in [3.05, 3.63) is 83.2 Å². The van der Waals surface area contributed by atoms with E-state index in [4.69, 9.17) is 4.12 Å². The lowest BCUT2D eigenvalue weighted by atomic mass is 10.2. The van der Waals surface area contributed by atoms with Gasteiger partial charge in [0, 0.05) is 0 Å². The van der Waals surface area contributed by atoms with Crippen LogP contribution >= 0.6 is 0 Å². The van der Waals surface area contributed by atoms with Crippen LogP contribution in [0.15, 0.2) is 72.1 Å². The molecule has 0 amide bonds. The van der Waals surface area contributed by atoms with Crippen LogP contribution in [0.1, 0.15) is 18.6 Å². The number of benzene rings is 2. The fourth-order valence-corrected chi connectivity index (χ4v) is 9.62. The van der Waals surface area contributed by atoms with Gasteiger partial charge in [0.1, 0.15) is 0 Å². The maximum absolute atomic E-state index is 6.57. The Morgan fingerprint density at radius 1 is 0.625 bits per heavy atom. The maximum atomic E-state index is 6.57. The molecule has 0 aliphatic heterocycles. The molecule has 0 aliphatic carbocycles. The molecule has 0 aliphatic rings. The molecule has 3 heteroatoms. The first-order valence-electron chi connectivity index (χ1n) is 8.05. The Balaban J connectivity index is 0.00000288. The van der Waals surface area contributed by atoms with Crippen LogP contribution in [0.25, 0.3) is 12.2 Å². The number of hydrogen-bond acceptors (Lipinski definition) is 1. The summed E-state index contributed by atoms with van der Waals surface area (Å²) in [5.41, 5.74) is 7.04. The van der Waals surface area contributed by atoms with Gasteiger partial charge in [0.05, 0.1) is 0 Å². The third-order valence-corrected chi connectivity index (χ3v) is 9.63. The van der Waals surface area contributed by atoms with Crippen molar-refractivity contribution in [1.82, 2.24) is 0 Å². The van der Waals surface area contributed by atoms with Crippen LogP contribution in [0.5, 0.6) is 0 Å². The van der Waals surface area contributed by atoms with Crippen LogP contribution in [0.2, 0.25) is 26.2 Å². The van der Waals surface area contributed by atoms with Crippen molar-refractivity contribution >= 4 is 28.8 Å². The lowest BCUT2D eigenvalue weighted by molar-refractivity contribution is 0.571. The Morgan fingerprint density at radius 2 is 0.958 bits per heavy atom. The lowest BCUT2D eigenvalue weighted by Crippen LogP contribution is -2.42. The van der Waals surface area contributed by atoms with Gasteiger partial charge in [-0.15, -0.1) is 0 Å². The zero-order valence-corrected chi connectivity index (χ0v) is 16.5. The molecule has 0 saturated carbocycles. The van der Waals surface area contributed by atoms with E-state index in [1.54, 1.807) is 0 Å². The second-order valence-corrected chi connectivity index (χ2v) is 14.7. The molecule has 0 saturated heterocycles. The molecule has 0 radical (unpaired) electrons. The van der Waals surface area contributed by atoms with E-state index < -0.39 is 16.6 Å². The molecule has 24 heavy (non-hydrogen) atoms. The monoisotopic (exact) mass is 354 g/mol. The Kier molecular flexibility index (Phi) is 7.61. The van der Waals surface area contributed by atoms with Crippen molar-refractivity contribution in [2.24, 2.45) is 0 Å². The molecule has 0 N–H and O–H groups in total. The maximum Gasteiger partial charge on any atom is 0.198 e. The standard InChI is InChI=1S/C20H26OSi2.CH4/c1-22(2,17-15-19-11-7-5-8-12-19)21-23(3,4)18-16-20-13-9-6-10-14-20;/h5-18H,1-4H3;1H4/b17-15+,18-16+;. The molecule has 2 rings (SSSR count). The summed E-state index contributed by atoms with van der Waals surface area (Å²) >= 11 is 0. The van der Waals surface area contributed by atoms with Gasteiger partial charge in [0.15, 0.2) is 16.6 Å². The minimum atomic E-state index is -1.83. The van der Waals surface area contributed by atoms with Gasteiger partial charge in [0.2, 0.25) is 0 Å². The fourth-order valence-electron chi connectivity index (χ4n) is 2.47. The van der Waals surface area contributed by atoms with Gasteiger partial charge in [-0.2, -0.15) is 0 Å². The molecule has 0 unspecified atom stereocenters. The highest BCUT2D eigenvalue weighted by Crippen LogP contribution is 2.19. The largest absolute Gasteiger partial charge is 0.449 e. The van der Waals surface area contributed by atoms with Gasteiger partial charge in [-0.3, -0.25) is 0 Å². The van der Waals surface area contributed by atoms with Crippen LogP contribution in [0.4, 0.5) is 0 Å². The minimum Gasteiger partial charge on any atom is -0.449 e. The molecule has 0 spiro atoms. The predicted molar refractivity (Wildman–Crippen MR) is 114 cm³/mol. The Labute approximate surface area is 150 Å². The predicted octanol–water partition coefficient (Wildman–Crippen LogP) is 6.55. The van der Waals surface area contributed by atoms with Crippen LogP contribution < -0.4 is 0 Å². The van der Waals surface area contributed by atoms with E-state index in [2.05, 4.69) is 98.3 Å². The highest BCUT2D eigenvalue weighted by atomic mass is 28.4. The van der Waals surface area contributed by atoms with E-state index in [-0.39, 0.29) is 7.43 Å². The summed E-state index contributed by atoms with van der Waals surface area (Å²) in [6.07, 6.45) is 4.38. The molecular formula is C21H30OSi2.